The first kappa shape index (κ1) is 18.4. The zero-order valence-corrected chi connectivity index (χ0v) is 15.3. The third kappa shape index (κ3) is 2.41. The van der Waals surface area contributed by atoms with E-state index in [2.05, 4.69) is 20.4 Å². The molecule has 0 spiro atoms. The van der Waals surface area contributed by atoms with Crippen LogP contribution in [0.3, 0.4) is 0 Å². The minimum Gasteiger partial charge on any atom is -0.396 e. The largest absolute Gasteiger partial charge is 0.396 e. The summed E-state index contributed by atoms with van der Waals surface area (Å²) in [7, 11) is 0. The molecule has 3 aliphatic rings. The second-order valence-electron chi connectivity index (χ2n) is 9.80. The van der Waals surface area contributed by atoms with Crippen LogP contribution in [-0.4, -0.2) is 44.8 Å². The number of hydrogen-bond donors (Lipinski definition) is 4. The van der Waals surface area contributed by atoms with Crippen LogP contribution in [0.15, 0.2) is 12.7 Å². The quantitative estimate of drug-likeness (QED) is 0.582. The topological polar surface area (TPSA) is 80.9 Å². The summed E-state index contributed by atoms with van der Waals surface area (Å²) in [5.74, 6) is 0.0411. The Hall–Kier alpha value is -0.420. The van der Waals surface area contributed by atoms with Crippen LogP contribution >= 0.6 is 0 Å². The van der Waals surface area contributed by atoms with Gasteiger partial charge in [0.25, 0.3) is 0 Å². The van der Waals surface area contributed by atoms with Crippen molar-refractivity contribution in [3.8, 4) is 0 Å². The van der Waals surface area contributed by atoms with E-state index >= 15 is 0 Å². The second kappa shape index (κ2) is 5.54. The molecular formula is C20H34O4. The van der Waals surface area contributed by atoms with Gasteiger partial charge in [-0.1, -0.05) is 26.8 Å². The molecule has 0 saturated heterocycles. The molecule has 4 nitrogen and oxygen atoms in total. The fraction of sp³-hybridized carbons (Fsp3) is 0.900. The van der Waals surface area contributed by atoms with Crippen molar-refractivity contribution in [1.29, 1.82) is 0 Å². The maximum atomic E-state index is 11.5. The Morgan fingerprint density at radius 1 is 1.12 bits per heavy atom. The van der Waals surface area contributed by atoms with Crippen LogP contribution in [0.4, 0.5) is 0 Å². The van der Waals surface area contributed by atoms with Crippen molar-refractivity contribution in [2.45, 2.75) is 77.1 Å². The number of aliphatic hydroxyl groups excluding tert-OH is 3. The van der Waals surface area contributed by atoms with Crippen molar-refractivity contribution in [1.82, 2.24) is 0 Å². The molecule has 0 aromatic heterocycles. The van der Waals surface area contributed by atoms with Crippen LogP contribution < -0.4 is 0 Å². The van der Waals surface area contributed by atoms with Gasteiger partial charge in [0, 0.05) is 6.61 Å². The molecule has 3 saturated carbocycles. The maximum Gasteiger partial charge on any atom is 0.0946 e. The predicted octanol–water partition coefficient (Wildman–Crippen LogP) is 2.25. The summed E-state index contributed by atoms with van der Waals surface area (Å²) in [4.78, 5) is 0. The van der Waals surface area contributed by atoms with Gasteiger partial charge in [-0.15, -0.1) is 6.58 Å². The van der Waals surface area contributed by atoms with E-state index in [0.717, 1.165) is 12.8 Å². The molecule has 0 heterocycles. The molecule has 0 aromatic carbocycles. The lowest BCUT2D eigenvalue weighted by atomic mass is 9.41. The zero-order valence-electron chi connectivity index (χ0n) is 15.3. The van der Waals surface area contributed by atoms with Crippen molar-refractivity contribution in [2.75, 3.05) is 6.61 Å². The second-order valence-corrected chi connectivity index (χ2v) is 9.80. The lowest BCUT2D eigenvalue weighted by Gasteiger charge is -2.66. The first-order valence-electron chi connectivity index (χ1n) is 9.36. The molecule has 138 valence electrons. The van der Waals surface area contributed by atoms with Crippen LogP contribution in [0.5, 0.6) is 0 Å². The predicted molar refractivity (Wildman–Crippen MR) is 93.2 cm³/mol. The molecule has 0 amide bonds. The molecule has 3 fully saturated rings. The van der Waals surface area contributed by atoms with Crippen molar-refractivity contribution in [3.05, 3.63) is 12.7 Å². The highest BCUT2D eigenvalue weighted by Gasteiger charge is 2.66. The van der Waals surface area contributed by atoms with E-state index in [9.17, 15) is 20.4 Å². The van der Waals surface area contributed by atoms with E-state index < -0.39 is 23.2 Å². The number of fused-ring (bicyclic) bond motifs is 3. The Morgan fingerprint density at radius 2 is 1.79 bits per heavy atom. The number of hydrogen-bond acceptors (Lipinski definition) is 4. The van der Waals surface area contributed by atoms with Gasteiger partial charge in [0.1, 0.15) is 0 Å². The van der Waals surface area contributed by atoms with E-state index in [-0.39, 0.29) is 29.3 Å². The van der Waals surface area contributed by atoms with Gasteiger partial charge >= 0.3 is 0 Å². The molecule has 4 N–H and O–H groups in total. The molecule has 0 radical (unpaired) electrons. The maximum absolute atomic E-state index is 11.5. The lowest BCUT2D eigenvalue weighted by Crippen LogP contribution is -2.68. The van der Waals surface area contributed by atoms with Crippen LogP contribution in [0, 0.1) is 28.1 Å². The molecule has 0 unspecified atom stereocenters. The lowest BCUT2D eigenvalue weighted by molar-refractivity contribution is -0.264. The van der Waals surface area contributed by atoms with E-state index in [1.54, 1.807) is 0 Å². The fourth-order valence-electron chi connectivity index (χ4n) is 6.75. The van der Waals surface area contributed by atoms with E-state index in [0.29, 0.717) is 25.7 Å². The van der Waals surface area contributed by atoms with Crippen molar-refractivity contribution < 1.29 is 20.4 Å². The molecule has 0 aromatic rings. The van der Waals surface area contributed by atoms with Crippen LogP contribution in [0.2, 0.25) is 0 Å². The Morgan fingerprint density at radius 3 is 2.38 bits per heavy atom. The normalized spacial score (nSPS) is 57.8. The Labute approximate surface area is 145 Å². The monoisotopic (exact) mass is 338 g/mol. The van der Waals surface area contributed by atoms with E-state index in [1.807, 2.05) is 13.0 Å². The van der Waals surface area contributed by atoms with Gasteiger partial charge < -0.3 is 20.4 Å². The summed E-state index contributed by atoms with van der Waals surface area (Å²) < 4.78 is 0. The van der Waals surface area contributed by atoms with E-state index in [4.69, 9.17) is 0 Å². The van der Waals surface area contributed by atoms with Gasteiger partial charge in [0.15, 0.2) is 0 Å². The Kier molecular flexibility index (Phi) is 4.24. The fourth-order valence-corrected chi connectivity index (χ4v) is 6.75. The first-order chi connectivity index (χ1) is 11.0. The molecule has 3 aliphatic carbocycles. The molecule has 3 rings (SSSR count). The van der Waals surface area contributed by atoms with Gasteiger partial charge in [-0.25, -0.2) is 0 Å². The summed E-state index contributed by atoms with van der Waals surface area (Å²) in [6, 6.07) is 0. The summed E-state index contributed by atoms with van der Waals surface area (Å²) >= 11 is 0. The van der Waals surface area contributed by atoms with Gasteiger partial charge in [-0.3, -0.25) is 0 Å². The molecule has 0 aliphatic heterocycles. The summed E-state index contributed by atoms with van der Waals surface area (Å²) in [6.07, 6.45) is 4.61. The third-order valence-electron chi connectivity index (χ3n) is 8.00. The van der Waals surface area contributed by atoms with Crippen LogP contribution in [0.25, 0.3) is 0 Å². The number of aliphatic hydroxyl groups is 4. The number of allylic oxidation sites excluding steroid dienone is 1. The molecule has 4 heteroatoms. The molecule has 0 bridgehead atoms. The summed E-state index contributed by atoms with van der Waals surface area (Å²) in [6.45, 7) is 10.2. The SMILES string of the molecule is C=C[C@@]1(C)CC[C@@H]2[C@]3(C)C[C@@H](O)C[C@@](C)(CO)[C@H]3C[C@@H](O)[C@@]2(O)C1. The highest BCUT2D eigenvalue weighted by Crippen LogP contribution is 2.66. The smallest absolute Gasteiger partial charge is 0.0946 e. The average molecular weight is 338 g/mol. The van der Waals surface area contributed by atoms with Crippen molar-refractivity contribution >= 4 is 0 Å². The highest BCUT2D eigenvalue weighted by atomic mass is 16.3. The third-order valence-corrected chi connectivity index (χ3v) is 8.00. The van der Waals surface area contributed by atoms with E-state index in [1.165, 1.54) is 0 Å². The standard InChI is InChI=1S/C20H34O4/c1-5-17(2)7-6-14-19(4)10-13(22)9-18(3,12-21)15(19)8-16(23)20(14,24)11-17/h5,13-16,21-24H,1,6-12H2,2-4H3/t13-,14+,15+,16+,17-,18-,19-,20+/m0/s1. The van der Waals surface area contributed by atoms with Gasteiger partial charge in [-0.05, 0) is 66.6 Å². The molecule has 24 heavy (non-hydrogen) atoms. The summed E-state index contributed by atoms with van der Waals surface area (Å²) in [5, 5.41) is 42.9. The minimum atomic E-state index is -1.14. The zero-order chi connectivity index (χ0) is 18.0. The van der Waals surface area contributed by atoms with Gasteiger partial charge in [0.2, 0.25) is 0 Å². The first-order valence-corrected chi connectivity index (χ1v) is 9.36. The number of rotatable bonds is 2. The average Bonchev–Trinajstić information content (AvgIpc) is 2.49. The van der Waals surface area contributed by atoms with Gasteiger partial charge in [-0.2, -0.15) is 0 Å². The van der Waals surface area contributed by atoms with Crippen LogP contribution in [-0.2, 0) is 0 Å². The van der Waals surface area contributed by atoms with Crippen molar-refractivity contribution in [2.24, 2.45) is 28.1 Å². The van der Waals surface area contributed by atoms with Crippen LogP contribution in [0.1, 0.15) is 59.3 Å². The summed E-state index contributed by atoms with van der Waals surface area (Å²) in [5.41, 5.74) is -1.98. The highest BCUT2D eigenvalue weighted by molar-refractivity contribution is 5.17. The van der Waals surface area contributed by atoms with Crippen molar-refractivity contribution in [3.63, 3.8) is 0 Å². The molecule has 8 atom stereocenters. The minimum absolute atomic E-state index is 0.00651. The Bertz CT molecular complexity index is 522. The Balaban J connectivity index is 2.03. The molecular weight excluding hydrogens is 304 g/mol. The van der Waals surface area contributed by atoms with Gasteiger partial charge in [0.05, 0.1) is 17.8 Å².